The van der Waals surface area contributed by atoms with Crippen molar-refractivity contribution < 1.29 is 9.13 Å². The summed E-state index contributed by atoms with van der Waals surface area (Å²) in [5.41, 5.74) is 1.77. The molecule has 1 heterocycles. The normalized spacial score (nSPS) is 12.0. The highest BCUT2D eigenvalue weighted by Crippen LogP contribution is 2.30. The van der Waals surface area contributed by atoms with Crippen LogP contribution in [0.25, 0.3) is 0 Å². The predicted octanol–water partition coefficient (Wildman–Crippen LogP) is 4.56. The molecule has 0 bridgehead atoms. The maximum atomic E-state index is 12.9. The van der Waals surface area contributed by atoms with Gasteiger partial charge >= 0.3 is 0 Å². The number of rotatable bonds is 5. The third-order valence-corrected chi connectivity index (χ3v) is 3.63. The Hall–Kier alpha value is -1.62. The van der Waals surface area contributed by atoms with E-state index in [1.807, 2.05) is 18.2 Å². The average Bonchev–Trinajstić information content (AvgIpc) is 2.46. The Balaban J connectivity index is 2.17. The lowest BCUT2D eigenvalue weighted by Gasteiger charge is -2.18. The zero-order chi connectivity index (χ0) is 14.5. The molecule has 0 aliphatic heterocycles. The number of aromatic nitrogens is 1. The van der Waals surface area contributed by atoms with Crippen molar-refractivity contribution in [2.24, 2.45) is 0 Å². The first kappa shape index (κ1) is 14.8. The minimum absolute atomic E-state index is 0.0379. The predicted molar refractivity (Wildman–Crippen MR) is 81.5 cm³/mol. The molecule has 0 radical (unpaired) electrons. The van der Waals surface area contributed by atoms with Gasteiger partial charge in [-0.15, -0.1) is 0 Å². The van der Waals surface area contributed by atoms with Gasteiger partial charge < -0.3 is 10.1 Å². The van der Waals surface area contributed by atoms with Crippen molar-refractivity contribution in [1.29, 1.82) is 0 Å². The first-order valence-corrected chi connectivity index (χ1v) is 7.15. The van der Waals surface area contributed by atoms with Crippen molar-refractivity contribution in [3.8, 4) is 5.75 Å². The fraction of sp³-hybridized carbons (Fsp3) is 0.267. The lowest BCUT2D eigenvalue weighted by molar-refractivity contribution is 0.412. The second kappa shape index (κ2) is 6.70. The van der Waals surface area contributed by atoms with E-state index < -0.39 is 0 Å². The van der Waals surface area contributed by atoms with E-state index in [2.05, 4.69) is 33.2 Å². The molecule has 0 saturated carbocycles. The molecule has 1 atom stereocenters. The molecule has 2 aromatic rings. The third kappa shape index (κ3) is 3.48. The Morgan fingerprint density at radius 1 is 1.35 bits per heavy atom. The molecule has 3 nitrogen and oxygen atoms in total. The van der Waals surface area contributed by atoms with Crippen LogP contribution < -0.4 is 10.1 Å². The summed E-state index contributed by atoms with van der Waals surface area (Å²) in [5.74, 6) is 0.458. The number of anilines is 1. The van der Waals surface area contributed by atoms with Gasteiger partial charge in [-0.05, 0) is 52.7 Å². The highest BCUT2D eigenvalue weighted by atomic mass is 79.9. The molecule has 2 rings (SSSR count). The van der Waals surface area contributed by atoms with Gasteiger partial charge in [0.15, 0.2) is 0 Å². The molecule has 1 N–H and O–H groups in total. The number of halogens is 2. The fourth-order valence-electron chi connectivity index (χ4n) is 1.94. The Kier molecular flexibility index (Phi) is 4.95. The van der Waals surface area contributed by atoms with Gasteiger partial charge in [-0.2, -0.15) is 0 Å². The number of methoxy groups -OCH3 is 1. The summed E-state index contributed by atoms with van der Waals surface area (Å²) >= 11 is 3.45. The van der Waals surface area contributed by atoms with Crippen molar-refractivity contribution in [3.63, 3.8) is 0 Å². The van der Waals surface area contributed by atoms with E-state index in [0.717, 1.165) is 28.0 Å². The number of pyridine rings is 1. The molecule has 5 heteroatoms. The number of hydrogen-bond donors (Lipinski definition) is 1. The monoisotopic (exact) mass is 338 g/mol. The number of ether oxygens (including phenoxy) is 1. The summed E-state index contributed by atoms with van der Waals surface area (Å²) in [6, 6.07) is 8.94. The summed E-state index contributed by atoms with van der Waals surface area (Å²) in [6.45, 7) is 2.06. The molecule has 20 heavy (non-hydrogen) atoms. The van der Waals surface area contributed by atoms with Crippen molar-refractivity contribution in [2.75, 3.05) is 12.4 Å². The molecule has 1 unspecified atom stereocenters. The van der Waals surface area contributed by atoms with Crippen LogP contribution in [0.1, 0.15) is 25.1 Å². The van der Waals surface area contributed by atoms with E-state index in [1.54, 1.807) is 13.2 Å². The van der Waals surface area contributed by atoms with Crippen LogP contribution in [0.15, 0.2) is 41.0 Å². The van der Waals surface area contributed by atoms with Gasteiger partial charge in [0.2, 0.25) is 0 Å². The molecule has 1 aromatic heterocycles. The van der Waals surface area contributed by atoms with Crippen LogP contribution in [-0.4, -0.2) is 12.1 Å². The molecule has 1 aromatic carbocycles. The van der Waals surface area contributed by atoms with Crippen molar-refractivity contribution in [1.82, 2.24) is 4.98 Å². The maximum Gasteiger partial charge on any atom is 0.141 e. The van der Waals surface area contributed by atoms with Crippen LogP contribution in [0.4, 0.5) is 10.1 Å². The Morgan fingerprint density at radius 2 is 2.15 bits per heavy atom. The summed E-state index contributed by atoms with van der Waals surface area (Å²) in [5, 5.41) is 3.39. The Bertz CT molecular complexity index is 575. The zero-order valence-corrected chi connectivity index (χ0v) is 12.9. The maximum absolute atomic E-state index is 12.9. The molecule has 0 fully saturated rings. The number of benzene rings is 1. The number of hydrogen-bond acceptors (Lipinski definition) is 3. The van der Waals surface area contributed by atoms with E-state index in [4.69, 9.17) is 4.74 Å². The SMILES string of the molecule is CCC(Nc1ccc(OC)c(Br)c1)c1ccc(F)cn1. The topological polar surface area (TPSA) is 34.1 Å². The van der Waals surface area contributed by atoms with Crippen molar-refractivity contribution in [2.45, 2.75) is 19.4 Å². The van der Waals surface area contributed by atoms with E-state index in [-0.39, 0.29) is 11.9 Å². The minimum Gasteiger partial charge on any atom is -0.496 e. The molecule has 0 aliphatic rings. The van der Waals surface area contributed by atoms with Gasteiger partial charge in [-0.3, -0.25) is 4.98 Å². The smallest absolute Gasteiger partial charge is 0.141 e. The third-order valence-electron chi connectivity index (χ3n) is 3.01. The van der Waals surface area contributed by atoms with Crippen LogP contribution in [0.2, 0.25) is 0 Å². The van der Waals surface area contributed by atoms with Gasteiger partial charge in [0, 0.05) is 5.69 Å². The second-order valence-corrected chi connectivity index (χ2v) is 5.21. The van der Waals surface area contributed by atoms with Gasteiger partial charge in [0.1, 0.15) is 11.6 Å². The van der Waals surface area contributed by atoms with Crippen LogP contribution in [0, 0.1) is 5.82 Å². The van der Waals surface area contributed by atoms with Crippen molar-refractivity contribution in [3.05, 3.63) is 52.5 Å². The number of nitrogens with zero attached hydrogens (tertiary/aromatic N) is 1. The molecule has 0 spiro atoms. The quantitative estimate of drug-likeness (QED) is 0.867. The molecule has 0 saturated heterocycles. The van der Waals surface area contributed by atoms with Crippen LogP contribution in [-0.2, 0) is 0 Å². The molecule has 0 aliphatic carbocycles. The first-order valence-electron chi connectivity index (χ1n) is 6.35. The Morgan fingerprint density at radius 3 is 2.70 bits per heavy atom. The van der Waals surface area contributed by atoms with Gasteiger partial charge in [0.25, 0.3) is 0 Å². The van der Waals surface area contributed by atoms with Gasteiger partial charge in [-0.25, -0.2) is 4.39 Å². The van der Waals surface area contributed by atoms with Gasteiger partial charge in [-0.1, -0.05) is 6.92 Å². The lowest BCUT2D eigenvalue weighted by Crippen LogP contribution is -2.11. The fourth-order valence-corrected chi connectivity index (χ4v) is 2.48. The summed E-state index contributed by atoms with van der Waals surface area (Å²) in [4.78, 5) is 4.13. The number of nitrogens with one attached hydrogen (secondary N) is 1. The largest absolute Gasteiger partial charge is 0.496 e. The Labute approximate surface area is 126 Å². The molecule has 106 valence electrons. The van der Waals surface area contributed by atoms with Crippen molar-refractivity contribution >= 4 is 21.6 Å². The van der Waals surface area contributed by atoms with Gasteiger partial charge in [0.05, 0.1) is 29.5 Å². The second-order valence-electron chi connectivity index (χ2n) is 4.36. The molecular weight excluding hydrogens is 323 g/mol. The highest BCUT2D eigenvalue weighted by molar-refractivity contribution is 9.10. The summed E-state index contributed by atoms with van der Waals surface area (Å²) in [7, 11) is 1.63. The van der Waals surface area contributed by atoms with E-state index >= 15 is 0 Å². The lowest BCUT2D eigenvalue weighted by atomic mass is 10.1. The molecule has 0 amide bonds. The standard InChI is InChI=1S/C15H16BrFN2O/c1-3-13(14-6-4-10(17)9-18-14)19-11-5-7-15(20-2)12(16)8-11/h4-9,13,19H,3H2,1-2H3. The average molecular weight is 339 g/mol. The highest BCUT2D eigenvalue weighted by Gasteiger charge is 2.11. The van der Waals surface area contributed by atoms with Crippen LogP contribution >= 0.6 is 15.9 Å². The minimum atomic E-state index is -0.323. The van der Waals surface area contributed by atoms with E-state index in [1.165, 1.54) is 12.3 Å². The van der Waals surface area contributed by atoms with E-state index in [0.29, 0.717) is 0 Å². The van der Waals surface area contributed by atoms with Crippen LogP contribution in [0.3, 0.4) is 0 Å². The summed E-state index contributed by atoms with van der Waals surface area (Å²) in [6.07, 6.45) is 2.09. The summed E-state index contributed by atoms with van der Waals surface area (Å²) < 4.78 is 19.0. The first-order chi connectivity index (χ1) is 9.63. The molecular formula is C15H16BrFN2O. The zero-order valence-electron chi connectivity index (χ0n) is 11.4. The van der Waals surface area contributed by atoms with E-state index in [9.17, 15) is 4.39 Å². The van der Waals surface area contributed by atoms with Crippen LogP contribution in [0.5, 0.6) is 5.75 Å².